The Hall–Kier alpha value is -11.7. The van der Waals surface area contributed by atoms with Crippen molar-refractivity contribution in [1.82, 2.24) is 0 Å². The zero-order chi connectivity index (χ0) is 66.0. The third-order valence-electron chi connectivity index (χ3n) is 21.8. The van der Waals surface area contributed by atoms with E-state index in [0.717, 1.165) is 86.7 Å². The minimum absolute atomic E-state index is 0.141. The van der Waals surface area contributed by atoms with E-state index < -0.39 is 0 Å². The average molecular weight is 1340 g/mol. The van der Waals surface area contributed by atoms with Crippen LogP contribution in [0.15, 0.2) is 333 Å². The van der Waals surface area contributed by atoms with Crippen molar-refractivity contribution in [2.45, 2.75) is 18.8 Å². The van der Waals surface area contributed by atoms with Crippen LogP contribution in [0.25, 0.3) is 60.5 Å². The Bertz CT molecular complexity index is 6380. The van der Waals surface area contributed by atoms with Gasteiger partial charge >= 0.3 is 0 Å². The summed E-state index contributed by atoms with van der Waals surface area (Å²) in [6.45, 7) is -0.333. The standard InChI is InChI=1S/C91H58B2N4OS3/c1-5-26-56(27-6-1)86(68-40-23-37-65-62-34-13-20-47-83(62)99-89(65)68)57-50-78-88-82(51-57)98-81-46-19-17-42-70(81)93(88)72-54-71-76(55-77(72)97(78)75-45-25-39-67-64-36-15-22-49-85(64)101-91(67)75)96(60-32-11-4-12-33-60)80-53-61(52-79-87(80)92(71)69-41-16-18-43-73(69)95(79)59-30-9-3-10-31-59)94(58-28-7-2-8-29-58)74-44-24-38-66-63-35-14-21-48-84(63)100-90(66)74/h1-17,19-42,44-55,86H,18,43H2. The minimum atomic E-state index is -0.192. The Labute approximate surface area is 597 Å². The van der Waals surface area contributed by atoms with Gasteiger partial charge in [-0.2, -0.15) is 0 Å². The predicted molar refractivity (Wildman–Crippen MR) is 433 cm³/mol. The summed E-state index contributed by atoms with van der Waals surface area (Å²) in [4.78, 5) is 10.5. The van der Waals surface area contributed by atoms with Crippen molar-refractivity contribution in [3.05, 3.63) is 349 Å². The fourth-order valence-corrected chi connectivity index (χ4v) is 21.4. The lowest BCUT2D eigenvalue weighted by atomic mass is 9.30. The third-order valence-corrected chi connectivity index (χ3v) is 25.5. The van der Waals surface area contributed by atoms with Gasteiger partial charge in [0.05, 0.1) is 26.5 Å². The van der Waals surface area contributed by atoms with Crippen molar-refractivity contribution in [3.63, 3.8) is 0 Å². The van der Waals surface area contributed by atoms with Crippen LogP contribution in [0.3, 0.4) is 0 Å². The quantitative estimate of drug-likeness (QED) is 0.106. The Kier molecular flexibility index (Phi) is 12.7. The van der Waals surface area contributed by atoms with Crippen LogP contribution >= 0.6 is 34.0 Å². The molecule has 22 rings (SSSR count). The SMILES string of the molecule is C1=CC2=C(CC1)N(c1ccccc1)c1cc(N(c3ccccc3)c3cccc4c3sc3ccccc34)cc3c1B2c1cc2c(cc1N3c1ccccc1)N(c1cccc3c1sc1ccccc13)c1cc(C(c3ccccc3)c3cccc4c3sc3ccccc34)cc3c1B2c1ccccc1O3. The molecular weight excluding hydrogens is 1280 g/mol. The van der Waals surface area contributed by atoms with Crippen LogP contribution in [0.2, 0.25) is 0 Å². The van der Waals surface area contributed by atoms with Gasteiger partial charge in [0.15, 0.2) is 0 Å². The van der Waals surface area contributed by atoms with Gasteiger partial charge in [-0.25, -0.2) is 0 Å². The number of fused-ring (bicyclic) bond motifs is 16. The topological polar surface area (TPSA) is 22.2 Å². The molecule has 10 heteroatoms. The molecule has 3 aromatic heterocycles. The number of para-hydroxylation sites is 4. The molecule has 101 heavy (non-hydrogen) atoms. The fraction of sp³-hybridized carbons (Fsp3) is 0.0330. The number of thiophene rings is 3. The summed E-state index contributed by atoms with van der Waals surface area (Å²) in [5.74, 6) is 1.62. The second-order valence-electron chi connectivity index (χ2n) is 27.2. The lowest BCUT2D eigenvalue weighted by molar-refractivity contribution is 0.486. The van der Waals surface area contributed by atoms with Crippen LogP contribution in [0, 0.1) is 0 Å². The molecule has 17 aromatic rings. The molecule has 7 heterocycles. The molecule has 0 fully saturated rings. The predicted octanol–water partition coefficient (Wildman–Crippen LogP) is 22.5. The zero-order valence-corrected chi connectivity index (χ0v) is 57.1. The van der Waals surface area contributed by atoms with Crippen LogP contribution in [-0.2, 0) is 0 Å². The van der Waals surface area contributed by atoms with Gasteiger partial charge in [0.2, 0.25) is 0 Å². The molecule has 0 amide bonds. The zero-order valence-electron chi connectivity index (χ0n) is 54.7. The smallest absolute Gasteiger partial charge is 0.256 e. The molecule has 0 spiro atoms. The van der Waals surface area contributed by atoms with E-state index in [1.165, 1.54) is 116 Å². The summed E-state index contributed by atoms with van der Waals surface area (Å²) in [5.41, 5.74) is 25.0. The van der Waals surface area contributed by atoms with E-state index in [4.69, 9.17) is 4.74 Å². The highest BCUT2D eigenvalue weighted by Gasteiger charge is 2.49. The molecule has 14 aromatic carbocycles. The molecule has 0 N–H and O–H groups in total. The van der Waals surface area contributed by atoms with Crippen molar-refractivity contribution in [3.8, 4) is 11.5 Å². The Morgan fingerprint density at radius 3 is 1.62 bits per heavy atom. The molecule has 1 atom stereocenters. The number of anilines is 11. The third kappa shape index (κ3) is 8.56. The van der Waals surface area contributed by atoms with Crippen molar-refractivity contribution < 1.29 is 4.74 Å². The average Bonchev–Trinajstić information content (AvgIpc) is 0.954. The van der Waals surface area contributed by atoms with E-state index in [0.29, 0.717) is 0 Å². The first-order chi connectivity index (χ1) is 50.1. The van der Waals surface area contributed by atoms with Gasteiger partial charge in [-0.15, -0.1) is 34.0 Å². The highest BCUT2D eigenvalue weighted by molar-refractivity contribution is 7.27. The van der Waals surface area contributed by atoms with Crippen LogP contribution in [0.4, 0.5) is 62.6 Å². The largest absolute Gasteiger partial charge is 0.458 e. The van der Waals surface area contributed by atoms with Gasteiger partial charge in [0.25, 0.3) is 13.4 Å². The molecule has 5 nitrogen and oxygen atoms in total. The second-order valence-corrected chi connectivity index (χ2v) is 30.3. The lowest BCUT2D eigenvalue weighted by Crippen LogP contribution is -2.62. The molecule has 0 bridgehead atoms. The van der Waals surface area contributed by atoms with E-state index in [9.17, 15) is 0 Å². The van der Waals surface area contributed by atoms with E-state index in [-0.39, 0.29) is 19.3 Å². The molecular formula is C91H58B2N4OS3. The summed E-state index contributed by atoms with van der Waals surface area (Å²) in [6, 6.07) is 116. The molecule has 1 aliphatic carbocycles. The van der Waals surface area contributed by atoms with Crippen molar-refractivity contribution in [2.75, 3.05) is 19.6 Å². The number of hydrogen-bond donors (Lipinski definition) is 0. The number of rotatable bonds is 9. The summed E-state index contributed by atoms with van der Waals surface area (Å²) in [5, 5.41) is 7.63. The van der Waals surface area contributed by atoms with Crippen molar-refractivity contribution in [1.29, 1.82) is 0 Å². The van der Waals surface area contributed by atoms with Crippen LogP contribution in [0.1, 0.15) is 35.4 Å². The number of nitrogens with zero attached hydrogens (tertiary/aromatic N) is 4. The number of ether oxygens (including phenoxy) is 1. The fourth-order valence-electron chi connectivity index (χ4n) is 17.7. The highest BCUT2D eigenvalue weighted by atomic mass is 32.1. The maximum absolute atomic E-state index is 7.56. The first-order valence-electron chi connectivity index (χ1n) is 34.9. The Morgan fingerprint density at radius 1 is 0.356 bits per heavy atom. The summed E-state index contributed by atoms with van der Waals surface area (Å²) in [7, 11) is 0. The number of hydrogen-bond acceptors (Lipinski definition) is 8. The lowest BCUT2D eigenvalue weighted by Gasteiger charge is -2.47. The molecule has 0 saturated heterocycles. The van der Waals surface area contributed by atoms with Gasteiger partial charge in [0, 0.05) is 108 Å². The van der Waals surface area contributed by atoms with E-state index in [2.05, 4.69) is 341 Å². The van der Waals surface area contributed by atoms with Gasteiger partial charge in [-0.1, -0.05) is 218 Å². The van der Waals surface area contributed by atoms with Crippen LogP contribution < -0.4 is 51.7 Å². The maximum Gasteiger partial charge on any atom is 0.256 e. The Balaban J connectivity index is 0.857. The van der Waals surface area contributed by atoms with Crippen LogP contribution in [0.5, 0.6) is 11.5 Å². The number of allylic oxidation sites excluding steroid dienone is 4. The highest BCUT2D eigenvalue weighted by Crippen LogP contribution is 2.55. The molecule has 4 aliphatic heterocycles. The van der Waals surface area contributed by atoms with Gasteiger partial charge in [-0.05, 0) is 165 Å². The summed E-state index contributed by atoms with van der Waals surface area (Å²) < 4.78 is 15.2. The van der Waals surface area contributed by atoms with E-state index in [1.807, 2.05) is 34.0 Å². The van der Waals surface area contributed by atoms with E-state index >= 15 is 0 Å². The first-order valence-corrected chi connectivity index (χ1v) is 37.4. The number of benzene rings is 14. The van der Waals surface area contributed by atoms with Gasteiger partial charge in [0.1, 0.15) is 11.5 Å². The van der Waals surface area contributed by atoms with Crippen molar-refractivity contribution in [2.24, 2.45) is 0 Å². The molecule has 0 radical (unpaired) electrons. The van der Waals surface area contributed by atoms with Crippen LogP contribution in [-0.4, -0.2) is 13.4 Å². The monoisotopic (exact) mass is 1340 g/mol. The molecule has 0 saturated carbocycles. The summed E-state index contributed by atoms with van der Waals surface area (Å²) in [6.07, 6.45) is 6.74. The molecule has 5 aliphatic rings. The molecule has 1 unspecified atom stereocenters. The molecule has 472 valence electrons. The van der Waals surface area contributed by atoms with Crippen molar-refractivity contribution >= 4 is 198 Å². The Morgan fingerprint density at radius 2 is 0.901 bits per heavy atom. The minimum Gasteiger partial charge on any atom is -0.458 e. The van der Waals surface area contributed by atoms with E-state index in [1.54, 1.807) is 0 Å². The van der Waals surface area contributed by atoms with Gasteiger partial charge < -0.3 is 24.3 Å². The normalized spacial score (nSPS) is 14.3. The second kappa shape index (κ2) is 22.4. The van der Waals surface area contributed by atoms with Gasteiger partial charge in [-0.3, -0.25) is 0 Å². The maximum atomic E-state index is 7.56. The summed E-state index contributed by atoms with van der Waals surface area (Å²) >= 11 is 5.67. The first kappa shape index (κ1) is 57.3.